The van der Waals surface area contributed by atoms with E-state index in [1.807, 2.05) is 6.92 Å². The summed E-state index contributed by atoms with van der Waals surface area (Å²) in [6.45, 7) is 11.2. The second kappa shape index (κ2) is 14.7. The lowest BCUT2D eigenvalue weighted by molar-refractivity contribution is -0.146. The fourth-order valence-corrected chi connectivity index (χ4v) is 6.36. The lowest BCUT2D eigenvalue weighted by atomic mass is 9.96. The highest BCUT2D eigenvalue weighted by Gasteiger charge is 2.41. The summed E-state index contributed by atoms with van der Waals surface area (Å²) in [6, 6.07) is 11.6. The van der Waals surface area contributed by atoms with Gasteiger partial charge in [-0.1, -0.05) is 29.8 Å². The van der Waals surface area contributed by atoms with Gasteiger partial charge in [0.15, 0.2) is 0 Å². The summed E-state index contributed by atoms with van der Waals surface area (Å²) in [5, 5.41) is 5.86. The Kier molecular flexibility index (Phi) is 11.7. The fourth-order valence-electron chi connectivity index (χ4n) is 4.88. The molecule has 1 aliphatic rings. The van der Waals surface area contributed by atoms with Crippen molar-refractivity contribution in [2.45, 2.75) is 82.9 Å². The molecule has 1 aliphatic heterocycles. The van der Waals surface area contributed by atoms with Gasteiger partial charge in [-0.2, -0.15) is 4.31 Å². The first-order valence-electron chi connectivity index (χ1n) is 15.2. The monoisotopic (exact) mass is 658 g/mol. The highest BCUT2D eigenvalue weighted by atomic mass is 32.2. The van der Waals surface area contributed by atoms with Crippen molar-refractivity contribution >= 4 is 39.6 Å². The largest absolute Gasteiger partial charge is 0.467 e. The summed E-state index contributed by atoms with van der Waals surface area (Å²) in [6.07, 6.45) is 0.400. The first-order valence-corrected chi connectivity index (χ1v) is 16.6. The fraction of sp³-hybridized carbons (Fsp3) is 0.515. The van der Waals surface area contributed by atoms with Crippen LogP contribution in [-0.2, 0) is 40.3 Å². The van der Waals surface area contributed by atoms with E-state index in [0.29, 0.717) is 37.2 Å². The van der Waals surface area contributed by atoms with Gasteiger partial charge in [0.2, 0.25) is 21.8 Å². The average Bonchev–Trinajstić information content (AvgIpc) is 3.00. The summed E-state index contributed by atoms with van der Waals surface area (Å²) < 4.78 is 38.1. The predicted molar refractivity (Wildman–Crippen MR) is 174 cm³/mol. The molecule has 252 valence electrons. The molecule has 1 fully saturated rings. The number of aryl methyl sites for hydroxylation is 1. The van der Waals surface area contributed by atoms with E-state index in [0.717, 1.165) is 14.8 Å². The van der Waals surface area contributed by atoms with Crippen LogP contribution in [0.5, 0.6) is 0 Å². The molecule has 12 nitrogen and oxygen atoms in total. The number of piperidine rings is 1. The van der Waals surface area contributed by atoms with Crippen LogP contribution in [0.3, 0.4) is 0 Å². The molecule has 3 amide bonds. The molecule has 46 heavy (non-hydrogen) atoms. The predicted octanol–water partition coefficient (Wildman–Crippen LogP) is 3.56. The zero-order valence-corrected chi connectivity index (χ0v) is 28.7. The van der Waals surface area contributed by atoms with Gasteiger partial charge in [-0.3, -0.25) is 9.59 Å². The number of carbonyl (C=O) groups is 4. The Hall–Kier alpha value is -3.81. The molecular weight excluding hydrogens is 612 g/mol. The van der Waals surface area contributed by atoms with Crippen LogP contribution >= 0.6 is 0 Å². The van der Waals surface area contributed by atoms with Crippen LogP contribution < -0.4 is 15.5 Å². The Morgan fingerprint density at radius 3 is 2.04 bits per heavy atom. The summed E-state index contributed by atoms with van der Waals surface area (Å²) in [4.78, 5) is 54.0. The molecule has 2 aromatic carbocycles. The van der Waals surface area contributed by atoms with E-state index < -0.39 is 45.2 Å². The highest BCUT2D eigenvalue weighted by Crippen LogP contribution is 2.26. The van der Waals surface area contributed by atoms with Gasteiger partial charge in [0.05, 0.1) is 17.7 Å². The second-order valence-electron chi connectivity index (χ2n) is 12.9. The first kappa shape index (κ1) is 36.7. The maximum absolute atomic E-state index is 13.5. The van der Waals surface area contributed by atoms with Crippen molar-refractivity contribution in [1.29, 1.82) is 0 Å². The minimum absolute atomic E-state index is 0.00211. The van der Waals surface area contributed by atoms with E-state index in [9.17, 15) is 27.6 Å². The number of hydrogen-bond acceptors (Lipinski definition) is 9. The molecule has 0 bridgehead atoms. The van der Waals surface area contributed by atoms with Crippen molar-refractivity contribution < 1.29 is 37.1 Å². The van der Waals surface area contributed by atoms with Crippen LogP contribution in [0.15, 0.2) is 53.4 Å². The molecule has 2 N–H and O–H groups in total. The van der Waals surface area contributed by atoms with E-state index in [4.69, 9.17) is 9.47 Å². The van der Waals surface area contributed by atoms with Crippen molar-refractivity contribution in [3.63, 3.8) is 0 Å². The average molecular weight is 659 g/mol. The number of likely N-dealkylation sites (N-methyl/N-ethyl adjacent to an activating group) is 1. The number of hydrogen-bond donors (Lipinski definition) is 2. The number of benzene rings is 2. The molecule has 0 unspecified atom stereocenters. The van der Waals surface area contributed by atoms with Gasteiger partial charge in [-0.15, -0.1) is 0 Å². The van der Waals surface area contributed by atoms with Gasteiger partial charge >= 0.3 is 12.1 Å². The number of nitrogens with zero attached hydrogens (tertiary/aromatic N) is 2. The minimum atomic E-state index is -4.04. The standard InChI is InChI=1S/C33H46N4O8S/c1-22-9-15-26(16-10-22)46(42,43)36(7)33(5,6)30(40)35-27(29(39)44-8)21-23-11-13-25(14-12-23)37(31(41)45-32(2,3)4)28(38)24-17-19-34-20-18-24/h9-16,24,27,34H,17-21H2,1-8H3,(H,35,40)/t27-/m0/s1. The topological polar surface area (TPSA) is 151 Å². The number of imide groups is 1. The van der Waals surface area contributed by atoms with E-state index in [1.165, 1.54) is 40.1 Å². The normalized spacial score (nSPS) is 15.2. The summed E-state index contributed by atoms with van der Waals surface area (Å²) in [5.74, 6) is -2.13. The van der Waals surface area contributed by atoms with Crippen LogP contribution in [0.2, 0.25) is 0 Å². The Bertz CT molecular complexity index is 1510. The number of esters is 1. The molecular formula is C33H46N4O8S. The minimum Gasteiger partial charge on any atom is -0.467 e. The number of anilines is 1. The molecule has 1 heterocycles. The van der Waals surface area contributed by atoms with Crippen molar-refractivity contribution in [1.82, 2.24) is 14.9 Å². The van der Waals surface area contributed by atoms with E-state index in [2.05, 4.69) is 10.6 Å². The van der Waals surface area contributed by atoms with Gasteiger partial charge < -0.3 is 20.1 Å². The zero-order chi connectivity index (χ0) is 34.4. The summed E-state index contributed by atoms with van der Waals surface area (Å²) >= 11 is 0. The third kappa shape index (κ3) is 8.92. The van der Waals surface area contributed by atoms with Crippen LogP contribution in [0.4, 0.5) is 10.5 Å². The number of nitrogens with one attached hydrogen (secondary N) is 2. The first-order chi connectivity index (χ1) is 21.4. The number of ether oxygens (including phenoxy) is 2. The third-order valence-corrected chi connectivity index (χ3v) is 9.98. The SMILES string of the molecule is COC(=O)[C@H](Cc1ccc(N(C(=O)OC(C)(C)C)C(=O)C2CCNCC2)cc1)NC(=O)C(C)(C)N(C)S(=O)(=O)c1ccc(C)cc1. The second-order valence-corrected chi connectivity index (χ2v) is 14.9. The molecule has 0 spiro atoms. The van der Waals surface area contributed by atoms with Crippen molar-refractivity contribution in [2.75, 3.05) is 32.1 Å². The van der Waals surface area contributed by atoms with Crippen molar-refractivity contribution in [3.8, 4) is 0 Å². The molecule has 1 atom stereocenters. The van der Waals surface area contributed by atoms with Crippen LogP contribution in [-0.4, -0.2) is 81.0 Å². The molecule has 13 heteroatoms. The Morgan fingerprint density at radius 2 is 1.52 bits per heavy atom. The van der Waals surface area contributed by atoms with E-state index in [1.54, 1.807) is 57.2 Å². The lowest BCUT2D eigenvalue weighted by Crippen LogP contribution is -2.58. The molecule has 0 aliphatic carbocycles. The van der Waals surface area contributed by atoms with Crippen molar-refractivity contribution in [3.05, 3.63) is 59.7 Å². The van der Waals surface area contributed by atoms with Crippen LogP contribution in [0.25, 0.3) is 0 Å². The van der Waals surface area contributed by atoms with Gasteiger partial charge in [0, 0.05) is 19.4 Å². The zero-order valence-electron chi connectivity index (χ0n) is 27.9. The number of carbonyl (C=O) groups excluding carboxylic acids is 4. The molecule has 0 saturated carbocycles. The van der Waals surface area contributed by atoms with Gasteiger partial charge in [-0.05, 0) is 97.3 Å². The van der Waals surface area contributed by atoms with Crippen molar-refractivity contribution in [2.24, 2.45) is 5.92 Å². The Morgan fingerprint density at radius 1 is 0.957 bits per heavy atom. The number of methoxy groups -OCH3 is 1. The maximum Gasteiger partial charge on any atom is 0.421 e. The number of rotatable bonds is 10. The maximum atomic E-state index is 13.5. The van der Waals surface area contributed by atoms with Gasteiger partial charge in [-0.25, -0.2) is 22.9 Å². The lowest BCUT2D eigenvalue weighted by Gasteiger charge is -2.34. The van der Waals surface area contributed by atoms with E-state index >= 15 is 0 Å². The van der Waals surface area contributed by atoms with Gasteiger partial charge in [0.1, 0.15) is 17.2 Å². The molecule has 0 aromatic heterocycles. The van der Waals surface area contributed by atoms with Crippen LogP contribution in [0, 0.1) is 12.8 Å². The van der Waals surface area contributed by atoms with Crippen LogP contribution in [0.1, 0.15) is 58.6 Å². The third-order valence-electron chi connectivity index (χ3n) is 7.93. The van der Waals surface area contributed by atoms with E-state index in [-0.39, 0.29) is 23.1 Å². The molecule has 3 rings (SSSR count). The molecule has 2 aromatic rings. The summed E-state index contributed by atoms with van der Waals surface area (Å²) in [5.41, 5.74) is -0.612. The highest BCUT2D eigenvalue weighted by molar-refractivity contribution is 7.89. The van der Waals surface area contributed by atoms with Gasteiger partial charge in [0.25, 0.3) is 0 Å². The Balaban J connectivity index is 1.82. The number of sulfonamides is 1. The molecule has 0 radical (unpaired) electrons. The molecule has 1 saturated heterocycles. The number of amides is 3. The summed E-state index contributed by atoms with van der Waals surface area (Å²) in [7, 11) is -1.55. The Labute approximate surface area is 271 Å². The smallest absolute Gasteiger partial charge is 0.421 e. The quantitative estimate of drug-likeness (QED) is 0.365.